The Bertz CT molecular complexity index is 554. The van der Waals surface area contributed by atoms with Crippen molar-refractivity contribution in [2.75, 3.05) is 13.1 Å². The van der Waals surface area contributed by atoms with Gasteiger partial charge in [-0.2, -0.15) is 0 Å². The lowest BCUT2D eigenvalue weighted by atomic mass is 10.1. The third kappa shape index (κ3) is 5.28. The number of amides is 1. The van der Waals surface area contributed by atoms with Crippen molar-refractivity contribution in [3.05, 3.63) is 33.6 Å². The van der Waals surface area contributed by atoms with Crippen molar-refractivity contribution in [3.8, 4) is 0 Å². The molecule has 1 saturated carbocycles. The van der Waals surface area contributed by atoms with E-state index in [0.717, 1.165) is 0 Å². The quantitative estimate of drug-likeness (QED) is 0.363. The van der Waals surface area contributed by atoms with E-state index in [1.807, 2.05) is 0 Å². The van der Waals surface area contributed by atoms with Gasteiger partial charge in [-0.25, -0.2) is 0 Å². The Morgan fingerprint density at radius 3 is 2.65 bits per heavy atom. The number of carbonyl (C=O) groups excluding carboxylic acids is 1. The number of hydrogen-bond acceptors (Lipinski definition) is 5. The molecule has 0 atom stereocenters. The zero-order chi connectivity index (χ0) is 16.7. The predicted molar refractivity (Wildman–Crippen MR) is 87.5 cm³/mol. The number of aromatic nitrogens is 1. The van der Waals surface area contributed by atoms with Gasteiger partial charge in [-0.1, -0.05) is 25.7 Å². The number of carbonyl (C=O) groups is 1. The molecule has 1 aliphatic rings. The van der Waals surface area contributed by atoms with E-state index in [9.17, 15) is 14.9 Å². The summed E-state index contributed by atoms with van der Waals surface area (Å²) in [7, 11) is 0. The molecule has 7 heteroatoms. The number of aryl methyl sites for hydroxylation is 1. The van der Waals surface area contributed by atoms with Gasteiger partial charge in [0.1, 0.15) is 6.20 Å². The van der Waals surface area contributed by atoms with Crippen LogP contribution in [0.15, 0.2) is 12.3 Å². The molecule has 0 radical (unpaired) electrons. The fraction of sp³-hybridized carbons (Fsp3) is 0.625. The van der Waals surface area contributed by atoms with Gasteiger partial charge in [-0.15, -0.1) is 0 Å². The van der Waals surface area contributed by atoms with Crippen LogP contribution in [-0.2, 0) is 0 Å². The zero-order valence-electron chi connectivity index (χ0n) is 13.5. The minimum Gasteiger partial charge on any atom is -0.351 e. The third-order valence-corrected chi connectivity index (χ3v) is 4.23. The molecule has 0 unspecified atom stereocenters. The molecule has 0 bridgehead atoms. The standard InChI is InChI=1S/C16H24N4O3/c1-12-15(10-14(11-19-12)20(22)23)16(21)18-9-8-17-13-6-4-2-3-5-7-13/h10-11,13,17H,2-9H2,1H3,(H,18,21). The van der Waals surface area contributed by atoms with Crippen LogP contribution in [0.4, 0.5) is 5.69 Å². The number of hydrogen-bond donors (Lipinski definition) is 2. The summed E-state index contributed by atoms with van der Waals surface area (Å²) in [5, 5.41) is 17.0. The van der Waals surface area contributed by atoms with Crippen LogP contribution in [0.1, 0.15) is 54.6 Å². The first kappa shape index (κ1) is 17.3. The first-order chi connectivity index (χ1) is 11.1. The van der Waals surface area contributed by atoms with Gasteiger partial charge in [-0.3, -0.25) is 19.9 Å². The summed E-state index contributed by atoms with van der Waals surface area (Å²) in [5.74, 6) is -0.318. The Morgan fingerprint density at radius 1 is 1.30 bits per heavy atom. The van der Waals surface area contributed by atoms with Crippen molar-refractivity contribution in [2.45, 2.75) is 51.5 Å². The highest BCUT2D eigenvalue weighted by molar-refractivity contribution is 5.95. The van der Waals surface area contributed by atoms with Crippen molar-refractivity contribution in [2.24, 2.45) is 0 Å². The molecule has 2 rings (SSSR count). The second-order valence-corrected chi connectivity index (χ2v) is 5.98. The van der Waals surface area contributed by atoms with Gasteiger partial charge < -0.3 is 10.6 Å². The Morgan fingerprint density at radius 2 is 2.00 bits per heavy atom. The lowest BCUT2D eigenvalue weighted by Gasteiger charge is -2.16. The van der Waals surface area contributed by atoms with Crippen LogP contribution >= 0.6 is 0 Å². The molecule has 1 aliphatic carbocycles. The van der Waals surface area contributed by atoms with E-state index in [1.165, 1.54) is 50.8 Å². The highest BCUT2D eigenvalue weighted by Crippen LogP contribution is 2.17. The summed E-state index contributed by atoms with van der Waals surface area (Å²) in [5.41, 5.74) is 0.579. The lowest BCUT2D eigenvalue weighted by Crippen LogP contribution is -2.37. The molecule has 1 amide bonds. The second-order valence-electron chi connectivity index (χ2n) is 5.98. The molecule has 1 aromatic heterocycles. The third-order valence-electron chi connectivity index (χ3n) is 4.23. The number of nitro groups is 1. The van der Waals surface area contributed by atoms with Crippen LogP contribution in [0, 0.1) is 17.0 Å². The van der Waals surface area contributed by atoms with E-state index in [1.54, 1.807) is 6.92 Å². The molecule has 0 aromatic carbocycles. The monoisotopic (exact) mass is 320 g/mol. The Balaban J connectivity index is 1.80. The molecule has 0 saturated heterocycles. The largest absolute Gasteiger partial charge is 0.351 e. The van der Waals surface area contributed by atoms with Gasteiger partial charge in [0.15, 0.2) is 0 Å². The molecule has 126 valence electrons. The molecule has 2 N–H and O–H groups in total. The van der Waals surface area contributed by atoms with Crippen molar-refractivity contribution < 1.29 is 9.72 Å². The second kappa shape index (κ2) is 8.57. The van der Waals surface area contributed by atoms with E-state index in [2.05, 4.69) is 15.6 Å². The van der Waals surface area contributed by atoms with E-state index in [-0.39, 0.29) is 17.2 Å². The van der Waals surface area contributed by atoms with Gasteiger partial charge in [0.05, 0.1) is 16.2 Å². The number of nitrogens with zero attached hydrogens (tertiary/aromatic N) is 2. The van der Waals surface area contributed by atoms with Gasteiger partial charge in [-0.05, 0) is 19.8 Å². The fourth-order valence-electron chi connectivity index (χ4n) is 2.88. The average Bonchev–Trinajstić information content (AvgIpc) is 2.80. The molecule has 0 aliphatic heterocycles. The minimum absolute atomic E-state index is 0.169. The van der Waals surface area contributed by atoms with Gasteiger partial charge >= 0.3 is 0 Å². The number of pyridine rings is 1. The topological polar surface area (TPSA) is 97.2 Å². The zero-order valence-corrected chi connectivity index (χ0v) is 13.5. The molecular formula is C16H24N4O3. The summed E-state index contributed by atoms with van der Waals surface area (Å²) in [4.78, 5) is 26.3. The lowest BCUT2D eigenvalue weighted by molar-refractivity contribution is -0.385. The van der Waals surface area contributed by atoms with Crippen LogP contribution < -0.4 is 10.6 Å². The summed E-state index contributed by atoms with van der Waals surface area (Å²) in [6, 6.07) is 1.81. The van der Waals surface area contributed by atoms with Gasteiger partial charge in [0, 0.05) is 25.2 Å². The SMILES string of the molecule is Cc1ncc([N+](=O)[O-])cc1C(=O)NCCNC1CCCCCC1. The molecular weight excluding hydrogens is 296 g/mol. The van der Waals surface area contributed by atoms with E-state index in [0.29, 0.717) is 24.8 Å². The van der Waals surface area contributed by atoms with Crippen molar-refractivity contribution in [1.82, 2.24) is 15.6 Å². The van der Waals surface area contributed by atoms with Crippen molar-refractivity contribution >= 4 is 11.6 Å². The van der Waals surface area contributed by atoms with Gasteiger partial charge in [0.25, 0.3) is 11.6 Å². The van der Waals surface area contributed by atoms with Crippen molar-refractivity contribution in [1.29, 1.82) is 0 Å². The van der Waals surface area contributed by atoms with Crippen LogP contribution in [0.25, 0.3) is 0 Å². The van der Waals surface area contributed by atoms with Crippen molar-refractivity contribution in [3.63, 3.8) is 0 Å². The highest BCUT2D eigenvalue weighted by Gasteiger charge is 2.16. The summed E-state index contributed by atoms with van der Waals surface area (Å²) < 4.78 is 0. The molecule has 1 fully saturated rings. The maximum absolute atomic E-state index is 12.1. The Hall–Kier alpha value is -2.02. The van der Waals surface area contributed by atoms with E-state index < -0.39 is 4.92 Å². The minimum atomic E-state index is -0.545. The molecule has 1 aromatic rings. The van der Waals surface area contributed by atoms with E-state index in [4.69, 9.17) is 0 Å². The Labute approximate surface area is 136 Å². The summed E-state index contributed by atoms with van der Waals surface area (Å²) in [6.07, 6.45) is 8.72. The normalized spacial score (nSPS) is 15.9. The maximum Gasteiger partial charge on any atom is 0.288 e. The number of nitrogens with one attached hydrogen (secondary N) is 2. The average molecular weight is 320 g/mol. The summed E-state index contributed by atoms with van der Waals surface area (Å²) >= 11 is 0. The molecule has 7 nitrogen and oxygen atoms in total. The van der Waals surface area contributed by atoms with E-state index >= 15 is 0 Å². The first-order valence-electron chi connectivity index (χ1n) is 8.20. The smallest absolute Gasteiger partial charge is 0.288 e. The predicted octanol–water partition coefficient (Wildman–Crippen LogP) is 2.34. The summed E-state index contributed by atoms with van der Waals surface area (Å²) in [6.45, 7) is 2.87. The van der Waals surface area contributed by atoms with Crippen LogP contribution in [0.2, 0.25) is 0 Å². The molecule has 1 heterocycles. The fourth-order valence-corrected chi connectivity index (χ4v) is 2.88. The van der Waals surface area contributed by atoms with Crippen LogP contribution in [0.3, 0.4) is 0 Å². The highest BCUT2D eigenvalue weighted by atomic mass is 16.6. The molecule has 23 heavy (non-hydrogen) atoms. The first-order valence-corrected chi connectivity index (χ1v) is 8.20. The maximum atomic E-state index is 12.1. The van der Waals surface area contributed by atoms with Gasteiger partial charge in [0.2, 0.25) is 0 Å². The van der Waals surface area contributed by atoms with Crippen LogP contribution in [-0.4, -0.2) is 34.9 Å². The number of rotatable bonds is 6. The van der Waals surface area contributed by atoms with Crippen LogP contribution in [0.5, 0.6) is 0 Å². The Kier molecular flexibility index (Phi) is 6.46. The molecule has 0 spiro atoms.